The molecule has 1 aliphatic heterocycles. The zero-order valence-electron chi connectivity index (χ0n) is 25.7. The van der Waals surface area contributed by atoms with Gasteiger partial charge in [0.05, 0.1) is 19.4 Å². The zero-order chi connectivity index (χ0) is 33.4. The number of amides is 2. The van der Waals surface area contributed by atoms with Crippen molar-refractivity contribution < 1.29 is 67.0 Å². The van der Waals surface area contributed by atoms with Crippen LogP contribution in [0.2, 0.25) is 0 Å². The fraction of sp³-hybridized carbons (Fsp3) is 0.571. The highest BCUT2D eigenvalue weighted by Gasteiger charge is 2.56. The van der Waals surface area contributed by atoms with Crippen LogP contribution in [0.15, 0.2) is 18.2 Å². The second kappa shape index (κ2) is 15.3. The molecule has 244 valence electrons. The molecule has 1 aliphatic rings. The van der Waals surface area contributed by atoms with Crippen LogP contribution >= 0.6 is 0 Å². The van der Waals surface area contributed by atoms with Crippen molar-refractivity contribution in [1.29, 1.82) is 0 Å². The third-order valence-electron chi connectivity index (χ3n) is 5.69. The van der Waals surface area contributed by atoms with E-state index in [1.54, 1.807) is 20.8 Å². The Morgan fingerprint density at radius 2 is 1.50 bits per heavy atom. The Hall–Kier alpha value is -4.44. The molecule has 3 N–H and O–H groups in total. The first-order valence-electron chi connectivity index (χ1n) is 13.4. The fourth-order valence-corrected chi connectivity index (χ4v) is 3.96. The number of carbonyl (C=O) groups excluding carboxylic acids is 6. The highest BCUT2D eigenvalue weighted by molar-refractivity contribution is 5.97. The molecule has 16 nitrogen and oxygen atoms in total. The van der Waals surface area contributed by atoms with Gasteiger partial charge in [0.1, 0.15) is 17.4 Å². The molecule has 1 fully saturated rings. The summed E-state index contributed by atoms with van der Waals surface area (Å²) in [6.45, 7) is 9.06. The molecular formula is C28H38N2O14. The standard InChI is InChI=1S/C28H38N2O14/c1-13(29-27(37)44-28(5,6)7)24(35)30-18-10-9-17(12-31)11-19(18)42-26-23(41-16(4)34)21(40-15(3)33)20(39-14(2)32)22(43-26)25(36)38-8/h9-11,13,20-23,26,31H,12H2,1-8H3,(H,29,37)(H,30,35)/t13?,20-,21-,22-,23+,26+/m0/s1. The predicted molar refractivity (Wildman–Crippen MR) is 148 cm³/mol. The van der Waals surface area contributed by atoms with E-state index in [4.69, 9.17) is 33.2 Å². The first-order chi connectivity index (χ1) is 20.4. The summed E-state index contributed by atoms with van der Waals surface area (Å²) in [4.78, 5) is 73.9. The molecule has 1 unspecified atom stereocenters. The summed E-state index contributed by atoms with van der Waals surface area (Å²) in [6, 6.07) is 3.08. The Labute approximate surface area is 253 Å². The van der Waals surface area contributed by atoms with Gasteiger partial charge in [0.2, 0.25) is 18.3 Å². The van der Waals surface area contributed by atoms with E-state index in [2.05, 4.69) is 10.6 Å². The minimum atomic E-state index is -1.72. The molecule has 1 saturated heterocycles. The molecule has 1 aromatic carbocycles. The SMILES string of the molecule is COC(=O)[C@H]1O[C@@H](Oc2cc(CO)ccc2NC(=O)C(C)NC(=O)OC(C)(C)C)[C@H](OC(C)=O)[C@@H](OC(C)=O)[C@@H]1OC(C)=O. The van der Waals surface area contributed by atoms with Crippen LogP contribution in [0.4, 0.5) is 10.5 Å². The molecule has 44 heavy (non-hydrogen) atoms. The van der Waals surface area contributed by atoms with Crippen molar-refractivity contribution in [2.45, 2.75) is 97.4 Å². The summed E-state index contributed by atoms with van der Waals surface area (Å²) in [5.41, 5.74) is -0.479. The van der Waals surface area contributed by atoms with E-state index < -0.39 is 84.8 Å². The van der Waals surface area contributed by atoms with Gasteiger partial charge < -0.3 is 48.9 Å². The number of benzene rings is 1. The van der Waals surface area contributed by atoms with E-state index in [0.717, 1.165) is 27.9 Å². The fourth-order valence-electron chi connectivity index (χ4n) is 3.96. The van der Waals surface area contributed by atoms with Crippen molar-refractivity contribution in [1.82, 2.24) is 5.32 Å². The lowest BCUT2D eigenvalue weighted by atomic mass is 9.97. The van der Waals surface area contributed by atoms with E-state index in [1.165, 1.54) is 25.1 Å². The van der Waals surface area contributed by atoms with Crippen molar-refractivity contribution in [3.05, 3.63) is 23.8 Å². The molecule has 0 bridgehead atoms. The lowest BCUT2D eigenvalue weighted by molar-refractivity contribution is -0.282. The molecule has 2 rings (SSSR count). The molecule has 16 heteroatoms. The Balaban J connectivity index is 2.50. The molecular weight excluding hydrogens is 588 g/mol. The number of aliphatic hydroxyl groups excluding tert-OH is 1. The first-order valence-corrected chi connectivity index (χ1v) is 13.4. The van der Waals surface area contributed by atoms with E-state index in [1.807, 2.05) is 0 Å². The van der Waals surface area contributed by atoms with Gasteiger partial charge in [-0.2, -0.15) is 0 Å². The number of ether oxygens (including phenoxy) is 7. The number of anilines is 1. The van der Waals surface area contributed by atoms with Gasteiger partial charge in [-0.3, -0.25) is 19.2 Å². The van der Waals surface area contributed by atoms with Crippen LogP contribution < -0.4 is 15.4 Å². The average molecular weight is 627 g/mol. The second-order valence-corrected chi connectivity index (χ2v) is 10.6. The summed E-state index contributed by atoms with van der Waals surface area (Å²) in [5, 5.41) is 14.7. The summed E-state index contributed by atoms with van der Waals surface area (Å²) in [6.07, 6.45) is -9.12. The van der Waals surface area contributed by atoms with Gasteiger partial charge in [-0.1, -0.05) is 6.07 Å². The molecule has 6 atom stereocenters. The van der Waals surface area contributed by atoms with Crippen LogP contribution in [0.1, 0.15) is 54.0 Å². The van der Waals surface area contributed by atoms with Crippen LogP contribution in [0.5, 0.6) is 5.75 Å². The largest absolute Gasteiger partial charge is 0.467 e. The van der Waals surface area contributed by atoms with E-state index in [0.29, 0.717) is 5.56 Å². The summed E-state index contributed by atoms with van der Waals surface area (Å²) >= 11 is 0. The van der Waals surface area contributed by atoms with Crippen molar-refractivity contribution in [3.63, 3.8) is 0 Å². The normalized spacial score (nSPS) is 22.0. The number of hydrogen-bond donors (Lipinski definition) is 3. The van der Waals surface area contributed by atoms with Crippen molar-refractivity contribution >= 4 is 41.6 Å². The molecule has 0 radical (unpaired) electrons. The van der Waals surface area contributed by atoms with E-state index in [-0.39, 0.29) is 11.4 Å². The van der Waals surface area contributed by atoms with Gasteiger partial charge in [-0.25, -0.2) is 9.59 Å². The molecule has 0 aromatic heterocycles. The number of methoxy groups -OCH3 is 1. The second-order valence-electron chi connectivity index (χ2n) is 10.6. The van der Waals surface area contributed by atoms with Gasteiger partial charge in [0.15, 0.2) is 18.3 Å². The number of alkyl carbamates (subject to hydrolysis) is 1. The summed E-state index contributed by atoms with van der Waals surface area (Å²) in [7, 11) is 1.04. The van der Waals surface area contributed by atoms with Crippen LogP contribution in [0, 0.1) is 0 Å². The number of aliphatic hydroxyl groups is 1. The molecule has 2 amide bonds. The predicted octanol–water partition coefficient (Wildman–Crippen LogP) is 1.10. The summed E-state index contributed by atoms with van der Waals surface area (Å²) in [5.74, 6) is -4.51. The minimum absolute atomic E-state index is 0.0102. The Morgan fingerprint density at radius 1 is 0.932 bits per heavy atom. The number of carbonyl (C=O) groups is 6. The Kier molecular flexibility index (Phi) is 12.5. The average Bonchev–Trinajstić information content (AvgIpc) is 2.90. The molecule has 1 aromatic rings. The van der Waals surface area contributed by atoms with Crippen LogP contribution in [0.25, 0.3) is 0 Å². The topological polar surface area (TPSA) is 211 Å². The van der Waals surface area contributed by atoms with Crippen molar-refractivity contribution in [2.24, 2.45) is 0 Å². The molecule has 0 spiro atoms. The van der Waals surface area contributed by atoms with Gasteiger partial charge in [-0.05, 0) is 45.4 Å². The Bertz CT molecular complexity index is 1240. The third-order valence-corrected chi connectivity index (χ3v) is 5.69. The van der Waals surface area contributed by atoms with Gasteiger partial charge >= 0.3 is 30.0 Å². The van der Waals surface area contributed by atoms with E-state index in [9.17, 15) is 33.9 Å². The number of rotatable bonds is 10. The maximum atomic E-state index is 13.0. The first kappa shape index (κ1) is 35.8. The van der Waals surface area contributed by atoms with Gasteiger partial charge in [-0.15, -0.1) is 0 Å². The maximum Gasteiger partial charge on any atom is 0.408 e. The monoisotopic (exact) mass is 626 g/mol. The third kappa shape index (κ3) is 10.4. The number of esters is 4. The highest BCUT2D eigenvalue weighted by Crippen LogP contribution is 2.34. The summed E-state index contributed by atoms with van der Waals surface area (Å²) < 4.78 is 37.6. The quantitative estimate of drug-likeness (QED) is 0.245. The number of hydrogen-bond acceptors (Lipinski definition) is 14. The van der Waals surface area contributed by atoms with Crippen molar-refractivity contribution in [2.75, 3.05) is 12.4 Å². The Morgan fingerprint density at radius 3 is 2.02 bits per heavy atom. The van der Waals surface area contributed by atoms with Crippen molar-refractivity contribution in [3.8, 4) is 5.75 Å². The lowest BCUT2D eigenvalue weighted by Crippen LogP contribution is -2.64. The zero-order valence-corrected chi connectivity index (χ0v) is 25.7. The highest BCUT2D eigenvalue weighted by atomic mass is 16.7. The van der Waals surface area contributed by atoms with Gasteiger partial charge in [0.25, 0.3) is 0 Å². The van der Waals surface area contributed by atoms with Gasteiger partial charge in [0, 0.05) is 20.8 Å². The number of nitrogens with one attached hydrogen (secondary N) is 2. The maximum absolute atomic E-state index is 13.0. The van der Waals surface area contributed by atoms with E-state index >= 15 is 0 Å². The van der Waals surface area contributed by atoms with Crippen LogP contribution in [-0.4, -0.2) is 90.4 Å². The van der Waals surface area contributed by atoms with Crippen LogP contribution in [0.3, 0.4) is 0 Å². The molecule has 0 saturated carbocycles. The minimum Gasteiger partial charge on any atom is -0.467 e. The van der Waals surface area contributed by atoms with Crippen LogP contribution in [-0.2, 0) is 59.0 Å². The smallest absolute Gasteiger partial charge is 0.408 e. The lowest BCUT2D eigenvalue weighted by Gasteiger charge is -2.43. The molecule has 1 heterocycles. The molecule has 0 aliphatic carbocycles.